The van der Waals surface area contributed by atoms with Gasteiger partial charge in [-0.25, -0.2) is 0 Å². The van der Waals surface area contributed by atoms with Gasteiger partial charge in [-0.3, -0.25) is 4.99 Å². The summed E-state index contributed by atoms with van der Waals surface area (Å²) >= 11 is 1.45. The lowest BCUT2D eigenvalue weighted by atomic mass is 9.98. The van der Waals surface area contributed by atoms with E-state index < -0.39 is 18.3 Å². The second-order valence-corrected chi connectivity index (χ2v) is 5.96. The fraction of sp³-hybridized carbons (Fsp3) is 0.917. The lowest BCUT2D eigenvalue weighted by molar-refractivity contribution is -0.153. The number of fused-ring (bicyclic) bond motifs is 1. The molecular formula is C12H23N3O4S. The fourth-order valence-electron chi connectivity index (χ4n) is 2.32. The van der Waals surface area contributed by atoms with Crippen LogP contribution in [0.2, 0.25) is 0 Å². The minimum absolute atomic E-state index is 0.130. The number of rotatable bonds is 6. The van der Waals surface area contributed by atoms with Crippen LogP contribution >= 0.6 is 11.8 Å². The van der Waals surface area contributed by atoms with Crippen molar-refractivity contribution in [2.24, 2.45) is 4.99 Å². The minimum atomic E-state index is -0.938. The molecule has 0 bridgehead atoms. The molecule has 0 aliphatic carbocycles. The zero-order valence-corrected chi connectivity index (χ0v) is 12.3. The molecule has 2 aliphatic rings. The van der Waals surface area contributed by atoms with E-state index in [0.29, 0.717) is 26.1 Å². The molecule has 2 aliphatic heterocycles. The van der Waals surface area contributed by atoms with Crippen molar-refractivity contribution >= 4 is 16.9 Å². The highest BCUT2D eigenvalue weighted by molar-refractivity contribution is 8.14. The zero-order chi connectivity index (χ0) is 14.5. The fourth-order valence-corrected chi connectivity index (χ4v) is 3.52. The van der Waals surface area contributed by atoms with Crippen molar-refractivity contribution in [1.82, 2.24) is 10.6 Å². The van der Waals surface area contributed by atoms with Crippen LogP contribution in [0.15, 0.2) is 4.99 Å². The molecule has 0 spiro atoms. The third-order valence-electron chi connectivity index (χ3n) is 3.38. The van der Waals surface area contributed by atoms with Crippen LogP contribution in [0.25, 0.3) is 0 Å². The van der Waals surface area contributed by atoms with Gasteiger partial charge in [-0.05, 0) is 19.9 Å². The van der Waals surface area contributed by atoms with Crippen molar-refractivity contribution in [2.45, 2.75) is 43.1 Å². The molecule has 0 radical (unpaired) electrons. The number of amidine groups is 1. The number of hydrogen-bond acceptors (Lipinski definition) is 7. The molecule has 116 valence electrons. The van der Waals surface area contributed by atoms with Gasteiger partial charge in [0, 0.05) is 19.7 Å². The molecule has 0 aromatic rings. The Labute approximate surface area is 122 Å². The summed E-state index contributed by atoms with van der Waals surface area (Å²) in [6, 6.07) is -0.325. The topological polar surface area (TPSA) is 106 Å². The first-order valence-electron chi connectivity index (χ1n) is 6.98. The number of thioether (sulfide) groups is 1. The van der Waals surface area contributed by atoms with Gasteiger partial charge in [0.15, 0.2) is 5.17 Å². The average molecular weight is 305 g/mol. The van der Waals surface area contributed by atoms with Gasteiger partial charge in [-0.2, -0.15) is 0 Å². The van der Waals surface area contributed by atoms with Gasteiger partial charge in [0.05, 0.1) is 6.04 Å². The summed E-state index contributed by atoms with van der Waals surface area (Å²) in [7, 11) is 0. The molecule has 2 fully saturated rings. The monoisotopic (exact) mass is 305 g/mol. The summed E-state index contributed by atoms with van der Waals surface area (Å²) in [5.41, 5.74) is -0.233. The smallest absolute Gasteiger partial charge is 0.159 e. The van der Waals surface area contributed by atoms with Gasteiger partial charge in [0.25, 0.3) is 0 Å². The molecule has 0 unspecified atom stereocenters. The summed E-state index contributed by atoms with van der Waals surface area (Å²) in [6.07, 6.45) is -1.62. The Balaban J connectivity index is 1.90. The standard InChI is InChI=1S/C12H23N3O4S/c1-2-14-12-15-8-10(18)9(17)7(19-11(8)20-12)6-13-4-3-5-16/h7-11,13,16-18H,2-6H2,1H3,(H,14,15)/t7-,8-,9-,10-,11-/m1/s1. The van der Waals surface area contributed by atoms with E-state index >= 15 is 0 Å². The maximum atomic E-state index is 10.2. The Morgan fingerprint density at radius 1 is 1.40 bits per heavy atom. The Morgan fingerprint density at radius 3 is 2.90 bits per heavy atom. The molecule has 5 atom stereocenters. The van der Waals surface area contributed by atoms with Gasteiger partial charge in [0.2, 0.25) is 0 Å². The Hall–Kier alpha value is -0.380. The largest absolute Gasteiger partial charge is 0.396 e. The van der Waals surface area contributed by atoms with E-state index in [1.54, 1.807) is 0 Å². The summed E-state index contributed by atoms with van der Waals surface area (Å²) in [4.78, 5) is 4.27. The number of nitrogens with zero attached hydrogens (tertiary/aromatic N) is 1. The van der Waals surface area contributed by atoms with Crippen molar-refractivity contribution in [3.63, 3.8) is 0 Å². The second kappa shape index (κ2) is 7.58. The number of ether oxygens (including phenoxy) is 1. The lowest BCUT2D eigenvalue weighted by Crippen LogP contribution is -2.60. The molecule has 0 aromatic heterocycles. The van der Waals surface area contributed by atoms with Crippen LogP contribution in [0.5, 0.6) is 0 Å². The number of aliphatic hydroxyl groups is 3. The first-order chi connectivity index (χ1) is 9.67. The maximum absolute atomic E-state index is 10.2. The average Bonchev–Trinajstić information content (AvgIpc) is 2.83. The molecule has 0 saturated carbocycles. The lowest BCUT2D eigenvalue weighted by Gasteiger charge is -2.39. The zero-order valence-electron chi connectivity index (χ0n) is 11.5. The molecule has 2 heterocycles. The van der Waals surface area contributed by atoms with Gasteiger partial charge in [-0.1, -0.05) is 11.8 Å². The highest BCUT2D eigenvalue weighted by Gasteiger charge is 2.48. The molecule has 20 heavy (non-hydrogen) atoms. The quantitative estimate of drug-likeness (QED) is 0.380. The van der Waals surface area contributed by atoms with Gasteiger partial charge in [-0.15, -0.1) is 0 Å². The van der Waals surface area contributed by atoms with Crippen LogP contribution in [0.1, 0.15) is 13.3 Å². The summed E-state index contributed by atoms with van der Waals surface area (Å²) < 4.78 is 5.83. The Bertz CT molecular complexity index is 345. The first-order valence-corrected chi connectivity index (χ1v) is 7.86. The summed E-state index contributed by atoms with van der Waals surface area (Å²) in [6.45, 7) is 3.84. The minimum Gasteiger partial charge on any atom is -0.396 e. The van der Waals surface area contributed by atoms with E-state index in [-0.39, 0.29) is 18.1 Å². The van der Waals surface area contributed by atoms with Crippen molar-refractivity contribution < 1.29 is 20.1 Å². The van der Waals surface area contributed by atoms with E-state index in [1.165, 1.54) is 11.8 Å². The first kappa shape index (κ1) is 16.0. The van der Waals surface area contributed by atoms with Gasteiger partial charge in [0.1, 0.15) is 23.7 Å². The second-order valence-electron chi connectivity index (χ2n) is 4.87. The summed E-state index contributed by atoms with van der Waals surface area (Å²) in [5, 5.41) is 36.0. The van der Waals surface area contributed by atoms with Crippen LogP contribution in [0.3, 0.4) is 0 Å². The highest BCUT2D eigenvalue weighted by Crippen LogP contribution is 2.33. The Kier molecular flexibility index (Phi) is 6.06. The molecule has 2 saturated heterocycles. The Morgan fingerprint density at radius 2 is 2.20 bits per heavy atom. The predicted molar refractivity (Wildman–Crippen MR) is 77.7 cm³/mol. The number of hydrogen-bond donors (Lipinski definition) is 5. The molecule has 0 amide bonds. The SMILES string of the molecule is CCN=C1N[C@@H]2[C@@H](O)[C@H](O)[C@@H](CNCCCO)O[C@@H]2S1. The third kappa shape index (κ3) is 3.63. The van der Waals surface area contributed by atoms with E-state index in [1.807, 2.05) is 6.92 Å². The number of nitrogens with one attached hydrogen (secondary N) is 2. The predicted octanol–water partition coefficient (Wildman–Crippen LogP) is -1.51. The van der Waals surface area contributed by atoms with Crippen LogP contribution in [-0.2, 0) is 4.74 Å². The molecule has 7 nitrogen and oxygen atoms in total. The molecule has 5 N–H and O–H groups in total. The van der Waals surface area contributed by atoms with Crippen LogP contribution in [-0.4, -0.2) is 76.5 Å². The van der Waals surface area contributed by atoms with Crippen LogP contribution < -0.4 is 10.6 Å². The normalized spacial score (nSPS) is 38.8. The van der Waals surface area contributed by atoms with Crippen molar-refractivity contribution in [1.29, 1.82) is 0 Å². The van der Waals surface area contributed by atoms with E-state index in [4.69, 9.17) is 9.84 Å². The molecule has 8 heteroatoms. The van der Waals surface area contributed by atoms with Crippen molar-refractivity contribution in [2.75, 3.05) is 26.2 Å². The number of aliphatic imine (C=N–C) groups is 1. The van der Waals surface area contributed by atoms with E-state index in [0.717, 1.165) is 5.17 Å². The molecular weight excluding hydrogens is 282 g/mol. The van der Waals surface area contributed by atoms with Crippen LogP contribution in [0, 0.1) is 0 Å². The van der Waals surface area contributed by atoms with Crippen LogP contribution in [0.4, 0.5) is 0 Å². The van der Waals surface area contributed by atoms with Gasteiger partial charge >= 0.3 is 0 Å². The maximum Gasteiger partial charge on any atom is 0.159 e. The highest BCUT2D eigenvalue weighted by atomic mass is 32.2. The van der Waals surface area contributed by atoms with Crippen molar-refractivity contribution in [3.05, 3.63) is 0 Å². The van der Waals surface area contributed by atoms with Crippen molar-refractivity contribution in [3.8, 4) is 0 Å². The van der Waals surface area contributed by atoms with E-state index in [9.17, 15) is 10.2 Å². The molecule has 0 aromatic carbocycles. The van der Waals surface area contributed by atoms with Gasteiger partial charge < -0.3 is 30.7 Å². The number of aliphatic hydroxyl groups excluding tert-OH is 3. The van der Waals surface area contributed by atoms with E-state index in [2.05, 4.69) is 15.6 Å². The summed E-state index contributed by atoms with van der Waals surface area (Å²) in [5.74, 6) is 0. The third-order valence-corrected chi connectivity index (χ3v) is 4.48. The molecule has 2 rings (SSSR count).